The number of nitrogens with one attached hydrogen (secondary N) is 1. The third-order valence-electron chi connectivity index (χ3n) is 2.12. The first-order valence-corrected chi connectivity index (χ1v) is 4.90. The molecule has 0 aliphatic heterocycles. The first-order chi connectivity index (χ1) is 7.66. The third-order valence-corrected chi connectivity index (χ3v) is 2.12. The summed E-state index contributed by atoms with van der Waals surface area (Å²) < 4.78 is 1.62. The van der Waals surface area contributed by atoms with E-state index in [0.29, 0.717) is 0 Å². The van der Waals surface area contributed by atoms with Crippen LogP contribution < -0.4 is 5.32 Å². The van der Waals surface area contributed by atoms with Crippen molar-refractivity contribution < 1.29 is 4.79 Å². The summed E-state index contributed by atoms with van der Waals surface area (Å²) in [4.78, 5) is 11.0. The number of carbonyl (C=O) groups excluding carboxylic acids is 1. The maximum atomic E-state index is 11.0. The molecule has 2 rings (SSSR count). The van der Waals surface area contributed by atoms with E-state index in [4.69, 9.17) is 0 Å². The Labute approximate surface area is 93.1 Å². The van der Waals surface area contributed by atoms with Gasteiger partial charge in [-0.25, -0.2) is 0 Å². The molecule has 5 nitrogen and oxygen atoms in total. The molecule has 0 unspecified atom stereocenters. The molecule has 1 aromatic carbocycles. The second-order valence-electron chi connectivity index (χ2n) is 3.50. The van der Waals surface area contributed by atoms with Gasteiger partial charge in [0, 0.05) is 19.5 Å². The van der Waals surface area contributed by atoms with Crippen molar-refractivity contribution in [3.63, 3.8) is 0 Å². The summed E-state index contributed by atoms with van der Waals surface area (Å²) in [7, 11) is 1.80. The molecule has 16 heavy (non-hydrogen) atoms. The van der Waals surface area contributed by atoms with E-state index in [1.54, 1.807) is 17.9 Å². The van der Waals surface area contributed by atoms with Crippen molar-refractivity contribution in [2.24, 2.45) is 7.05 Å². The van der Waals surface area contributed by atoms with Crippen LogP contribution in [0.3, 0.4) is 0 Å². The van der Waals surface area contributed by atoms with Crippen LogP contribution in [0.4, 0.5) is 5.69 Å². The molecule has 0 radical (unpaired) electrons. The number of benzene rings is 1. The second kappa shape index (κ2) is 4.14. The fourth-order valence-electron chi connectivity index (χ4n) is 1.48. The Morgan fingerprint density at radius 3 is 2.75 bits per heavy atom. The van der Waals surface area contributed by atoms with Gasteiger partial charge in [-0.1, -0.05) is 23.4 Å². The molecule has 2 aromatic rings. The van der Waals surface area contributed by atoms with E-state index in [0.717, 1.165) is 16.9 Å². The number of aromatic nitrogens is 3. The number of aryl methyl sites for hydroxylation is 1. The van der Waals surface area contributed by atoms with Crippen LogP contribution in [0.15, 0.2) is 30.5 Å². The summed E-state index contributed by atoms with van der Waals surface area (Å²) in [6.45, 7) is 1.48. The number of anilines is 1. The molecule has 0 spiro atoms. The maximum absolute atomic E-state index is 11.0. The number of nitrogens with zero attached hydrogens (tertiary/aromatic N) is 3. The van der Waals surface area contributed by atoms with E-state index in [1.807, 2.05) is 24.3 Å². The van der Waals surface area contributed by atoms with Crippen LogP contribution in [0.2, 0.25) is 0 Å². The topological polar surface area (TPSA) is 59.8 Å². The predicted molar refractivity (Wildman–Crippen MR) is 60.7 cm³/mol. The summed E-state index contributed by atoms with van der Waals surface area (Å²) in [5.41, 5.74) is 2.35. The molecule has 0 atom stereocenters. The molecular weight excluding hydrogens is 204 g/mol. The minimum atomic E-state index is -0.101. The van der Waals surface area contributed by atoms with Gasteiger partial charge < -0.3 is 5.32 Å². The van der Waals surface area contributed by atoms with Gasteiger partial charge in [-0.05, 0) is 6.07 Å². The molecule has 0 fully saturated rings. The zero-order valence-electron chi connectivity index (χ0n) is 9.14. The van der Waals surface area contributed by atoms with E-state index in [9.17, 15) is 4.79 Å². The van der Waals surface area contributed by atoms with Crippen LogP contribution in [0.5, 0.6) is 0 Å². The lowest BCUT2D eigenvalue weighted by atomic mass is 10.1. The smallest absolute Gasteiger partial charge is 0.221 e. The number of para-hydroxylation sites is 1. The number of rotatable bonds is 2. The first kappa shape index (κ1) is 10.4. The monoisotopic (exact) mass is 216 g/mol. The molecule has 0 bridgehead atoms. The Kier molecular flexibility index (Phi) is 2.68. The molecular formula is C11H12N4O. The standard InChI is InChI=1S/C11H12N4O/c1-8(16)12-10-6-4-3-5-9(10)11-7-15(2)14-13-11/h3-7H,1-2H3,(H,12,16). The van der Waals surface area contributed by atoms with Crippen molar-refractivity contribution in [2.75, 3.05) is 5.32 Å². The van der Waals surface area contributed by atoms with Crippen LogP contribution in [0.1, 0.15) is 6.92 Å². The molecule has 1 aromatic heterocycles. The van der Waals surface area contributed by atoms with E-state index in [2.05, 4.69) is 15.6 Å². The van der Waals surface area contributed by atoms with Crippen molar-refractivity contribution in [3.8, 4) is 11.3 Å². The van der Waals surface area contributed by atoms with E-state index in [-0.39, 0.29) is 5.91 Å². The van der Waals surface area contributed by atoms with Gasteiger partial charge in [0.1, 0.15) is 5.69 Å². The van der Waals surface area contributed by atoms with Gasteiger partial charge >= 0.3 is 0 Å². The lowest BCUT2D eigenvalue weighted by Crippen LogP contribution is -2.06. The van der Waals surface area contributed by atoms with Crippen LogP contribution in [0, 0.1) is 0 Å². The number of hydrogen-bond acceptors (Lipinski definition) is 3. The summed E-state index contributed by atoms with van der Waals surface area (Å²) in [6.07, 6.45) is 1.81. The van der Waals surface area contributed by atoms with Gasteiger partial charge in [0.25, 0.3) is 0 Å². The zero-order valence-corrected chi connectivity index (χ0v) is 9.14. The van der Waals surface area contributed by atoms with Crippen molar-refractivity contribution in [3.05, 3.63) is 30.5 Å². The van der Waals surface area contributed by atoms with Crippen molar-refractivity contribution in [1.29, 1.82) is 0 Å². The molecule has 0 saturated heterocycles. The molecule has 1 N–H and O–H groups in total. The average molecular weight is 216 g/mol. The Hall–Kier alpha value is -2.17. The average Bonchev–Trinajstić information content (AvgIpc) is 2.65. The Bertz CT molecular complexity index is 518. The van der Waals surface area contributed by atoms with Crippen LogP contribution in [-0.4, -0.2) is 20.9 Å². The highest BCUT2D eigenvalue weighted by molar-refractivity contribution is 5.93. The highest BCUT2D eigenvalue weighted by Gasteiger charge is 2.08. The second-order valence-corrected chi connectivity index (χ2v) is 3.50. The van der Waals surface area contributed by atoms with Crippen molar-refractivity contribution in [1.82, 2.24) is 15.0 Å². The largest absolute Gasteiger partial charge is 0.326 e. The normalized spacial score (nSPS) is 10.1. The van der Waals surface area contributed by atoms with Crippen molar-refractivity contribution >= 4 is 11.6 Å². The fraction of sp³-hybridized carbons (Fsp3) is 0.182. The lowest BCUT2D eigenvalue weighted by Gasteiger charge is -2.06. The first-order valence-electron chi connectivity index (χ1n) is 4.90. The van der Waals surface area contributed by atoms with Crippen LogP contribution in [0.25, 0.3) is 11.3 Å². The fourth-order valence-corrected chi connectivity index (χ4v) is 1.48. The van der Waals surface area contributed by atoms with Gasteiger partial charge in [-0.3, -0.25) is 9.48 Å². The molecule has 0 aliphatic carbocycles. The van der Waals surface area contributed by atoms with Gasteiger partial charge in [0.05, 0.1) is 11.9 Å². The molecule has 82 valence electrons. The zero-order chi connectivity index (χ0) is 11.5. The molecule has 0 saturated carbocycles. The highest BCUT2D eigenvalue weighted by Crippen LogP contribution is 2.25. The summed E-state index contributed by atoms with van der Waals surface area (Å²) >= 11 is 0. The Balaban J connectivity index is 2.43. The van der Waals surface area contributed by atoms with Gasteiger partial charge in [-0.2, -0.15) is 0 Å². The van der Waals surface area contributed by atoms with Crippen LogP contribution >= 0.6 is 0 Å². The van der Waals surface area contributed by atoms with Crippen molar-refractivity contribution in [2.45, 2.75) is 6.92 Å². The summed E-state index contributed by atoms with van der Waals surface area (Å²) in [5.74, 6) is -0.101. The van der Waals surface area contributed by atoms with Crippen LogP contribution in [-0.2, 0) is 11.8 Å². The SMILES string of the molecule is CC(=O)Nc1ccccc1-c1cn(C)nn1. The summed E-state index contributed by atoms with van der Waals surface area (Å²) in [6, 6.07) is 7.50. The quantitative estimate of drug-likeness (QED) is 0.826. The Morgan fingerprint density at radius 1 is 1.38 bits per heavy atom. The molecule has 1 amide bonds. The third kappa shape index (κ3) is 2.08. The molecule has 5 heteroatoms. The van der Waals surface area contributed by atoms with E-state index in [1.165, 1.54) is 6.92 Å². The van der Waals surface area contributed by atoms with Gasteiger partial charge in [0.2, 0.25) is 5.91 Å². The molecule has 1 heterocycles. The predicted octanol–water partition coefficient (Wildman–Crippen LogP) is 1.44. The molecule has 0 aliphatic rings. The summed E-state index contributed by atoms with van der Waals surface area (Å²) in [5, 5.41) is 10.6. The Morgan fingerprint density at radius 2 is 2.12 bits per heavy atom. The van der Waals surface area contributed by atoms with E-state index >= 15 is 0 Å². The van der Waals surface area contributed by atoms with E-state index < -0.39 is 0 Å². The number of amides is 1. The number of hydrogen-bond donors (Lipinski definition) is 1. The van der Waals surface area contributed by atoms with Gasteiger partial charge in [0.15, 0.2) is 0 Å². The van der Waals surface area contributed by atoms with Gasteiger partial charge in [-0.15, -0.1) is 5.10 Å². The maximum Gasteiger partial charge on any atom is 0.221 e. The minimum absolute atomic E-state index is 0.101. The lowest BCUT2D eigenvalue weighted by molar-refractivity contribution is -0.114. The minimum Gasteiger partial charge on any atom is -0.326 e. The highest BCUT2D eigenvalue weighted by atomic mass is 16.1. The number of carbonyl (C=O) groups is 1.